The van der Waals surface area contributed by atoms with Gasteiger partial charge in [0.05, 0.1) is 0 Å². The van der Waals surface area contributed by atoms with Crippen LogP contribution in [-0.2, 0) is 0 Å². The van der Waals surface area contributed by atoms with Gasteiger partial charge in [-0.25, -0.2) is 4.39 Å². The molecule has 0 aliphatic rings. The molecule has 0 radical (unpaired) electrons. The van der Waals surface area contributed by atoms with Gasteiger partial charge in [-0.1, -0.05) is 62.4 Å². The van der Waals surface area contributed by atoms with Gasteiger partial charge in [-0.2, -0.15) is 0 Å². The highest BCUT2D eigenvalue weighted by Gasteiger charge is 2.18. The van der Waals surface area contributed by atoms with Gasteiger partial charge in [0.2, 0.25) is 0 Å². The molecule has 1 rings (SSSR count). The van der Waals surface area contributed by atoms with Crippen molar-refractivity contribution in [2.75, 3.05) is 6.54 Å². The van der Waals surface area contributed by atoms with Gasteiger partial charge in [-0.05, 0) is 42.6 Å². The van der Waals surface area contributed by atoms with Crippen LogP contribution in [-0.4, -0.2) is 6.54 Å². The van der Waals surface area contributed by atoms with Crippen LogP contribution in [0.1, 0.15) is 64.5 Å². The van der Waals surface area contributed by atoms with Crippen molar-refractivity contribution in [3.05, 3.63) is 34.1 Å². The summed E-state index contributed by atoms with van der Waals surface area (Å²) in [7, 11) is 0. The fraction of sp³-hybridized carbons (Fsp3) is 0.647. The van der Waals surface area contributed by atoms with Crippen molar-refractivity contribution in [3.8, 4) is 0 Å². The lowest BCUT2D eigenvalue weighted by Gasteiger charge is -2.25. The molecule has 0 heterocycles. The van der Waals surface area contributed by atoms with E-state index in [1.165, 1.54) is 31.7 Å². The number of hydrogen-bond donors (Lipinski definition) is 1. The zero-order valence-corrected chi connectivity index (χ0v) is 14.5. The molecule has 1 nitrogen and oxygen atoms in total. The SMILES string of the molecule is CCCCC(CC)CC(NCC)c1cc(F)ccc1Br. The summed E-state index contributed by atoms with van der Waals surface area (Å²) in [5.74, 6) is 0.543. The number of unbranched alkanes of at least 4 members (excludes halogenated alkanes) is 1. The van der Waals surface area contributed by atoms with E-state index in [-0.39, 0.29) is 11.9 Å². The Kier molecular flexibility index (Phi) is 8.39. The first kappa shape index (κ1) is 17.6. The molecular formula is C17H27BrFN. The molecule has 0 aliphatic heterocycles. The molecule has 0 spiro atoms. The third-order valence-electron chi connectivity index (χ3n) is 3.90. The van der Waals surface area contributed by atoms with Crippen molar-refractivity contribution >= 4 is 15.9 Å². The van der Waals surface area contributed by atoms with Crippen LogP contribution in [0.4, 0.5) is 4.39 Å². The zero-order chi connectivity index (χ0) is 15.0. The van der Waals surface area contributed by atoms with E-state index in [2.05, 4.69) is 42.0 Å². The maximum absolute atomic E-state index is 13.5. The first-order valence-electron chi connectivity index (χ1n) is 7.80. The molecular weight excluding hydrogens is 317 g/mol. The van der Waals surface area contributed by atoms with Crippen LogP contribution >= 0.6 is 15.9 Å². The minimum absolute atomic E-state index is 0.160. The van der Waals surface area contributed by atoms with Crippen molar-refractivity contribution in [1.82, 2.24) is 5.32 Å². The van der Waals surface area contributed by atoms with Gasteiger partial charge >= 0.3 is 0 Å². The predicted octanol–water partition coefficient (Wildman–Crippen LogP) is 5.85. The van der Waals surface area contributed by atoms with Crippen LogP contribution in [0.3, 0.4) is 0 Å². The van der Waals surface area contributed by atoms with Gasteiger partial charge < -0.3 is 5.32 Å². The lowest BCUT2D eigenvalue weighted by atomic mass is 9.89. The Morgan fingerprint density at radius 2 is 2.00 bits per heavy atom. The largest absolute Gasteiger partial charge is 0.310 e. The molecule has 0 bridgehead atoms. The third kappa shape index (κ3) is 5.53. The van der Waals surface area contributed by atoms with E-state index in [0.717, 1.165) is 23.0 Å². The van der Waals surface area contributed by atoms with Crippen LogP contribution in [0, 0.1) is 11.7 Å². The van der Waals surface area contributed by atoms with E-state index in [1.807, 2.05) is 6.07 Å². The Balaban J connectivity index is 2.84. The minimum Gasteiger partial charge on any atom is -0.310 e. The smallest absolute Gasteiger partial charge is 0.123 e. The fourth-order valence-corrected chi connectivity index (χ4v) is 3.19. The molecule has 114 valence electrons. The monoisotopic (exact) mass is 343 g/mol. The maximum Gasteiger partial charge on any atom is 0.123 e. The lowest BCUT2D eigenvalue weighted by molar-refractivity contribution is 0.356. The summed E-state index contributed by atoms with van der Waals surface area (Å²) in [5.41, 5.74) is 1.04. The van der Waals surface area contributed by atoms with E-state index < -0.39 is 0 Å². The van der Waals surface area contributed by atoms with E-state index >= 15 is 0 Å². The summed E-state index contributed by atoms with van der Waals surface area (Å²) in [5, 5.41) is 3.51. The van der Waals surface area contributed by atoms with Crippen molar-refractivity contribution in [2.24, 2.45) is 5.92 Å². The molecule has 0 amide bonds. The molecule has 2 atom stereocenters. The molecule has 20 heavy (non-hydrogen) atoms. The minimum atomic E-state index is -0.160. The molecule has 0 aromatic heterocycles. The molecule has 1 N–H and O–H groups in total. The van der Waals surface area contributed by atoms with Gasteiger partial charge in [0.1, 0.15) is 5.82 Å². The number of rotatable bonds is 9. The predicted molar refractivity (Wildman–Crippen MR) is 88.4 cm³/mol. The van der Waals surface area contributed by atoms with Gasteiger partial charge in [-0.15, -0.1) is 0 Å². The normalized spacial score (nSPS) is 14.2. The van der Waals surface area contributed by atoms with Crippen molar-refractivity contribution in [1.29, 1.82) is 0 Å². The van der Waals surface area contributed by atoms with Crippen LogP contribution < -0.4 is 5.32 Å². The van der Waals surface area contributed by atoms with Crippen molar-refractivity contribution in [3.63, 3.8) is 0 Å². The van der Waals surface area contributed by atoms with Crippen molar-refractivity contribution in [2.45, 2.75) is 58.9 Å². The number of hydrogen-bond acceptors (Lipinski definition) is 1. The maximum atomic E-state index is 13.5. The highest BCUT2D eigenvalue weighted by molar-refractivity contribution is 9.10. The second-order valence-electron chi connectivity index (χ2n) is 5.43. The molecule has 1 aromatic carbocycles. The van der Waals surface area contributed by atoms with E-state index in [9.17, 15) is 4.39 Å². The summed E-state index contributed by atoms with van der Waals surface area (Å²) in [6.45, 7) is 7.49. The number of nitrogens with one attached hydrogen (secondary N) is 1. The average Bonchev–Trinajstić information content (AvgIpc) is 2.45. The third-order valence-corrected chi connectivity index (χ3v) is 4.62. The Hall–Kier alpha value is -0.410. The first-order chi connectivity index (χ1) is 9.62. The molecule has 0 fully saturated rings. The Labute approximate surface area is 131 Å². The number of halogens is 2. The first-order valence-corrected chi connectivity index (χ1v) is 8.59. The van der Waals surface area contributed by atoms with Gasteiger partial charge in [0.25, 0.3) is 0 Å². The van der Waals surface area contributed by atoms with Crippen LogP contribution in [0.15, 0.2) is 22.7 Å². The fourth-order valence-electron chi connectivity index (χ4n) is 2.66. The highest BCUT2D eigenvalue weighted by atomic mass is 79.9. The van der Waals surface area contributed by atoms with Gasteiger partial charge in [-0.3, -0.25) is 0 Å². The van der Waals surface area contributed by atoms with Gasteiger partial charge in [0.15, 0.2) is 0 Å². The summed E-state index contributed by atoms with van der Waals surface area (Å²) in [6, 6.07) is 5.20. The van der Waals surface area contributed by atoms with Crippen molar-refractivity contribution < 1.29 is 4.39 Å². The topological polar surface area (TPSA) is 12.0 Å². The molecule has 0 saturated carbocycles. The van der Waals surface area contributed by atoms with E-state index in [1.54, 1.807) is 6.07 Å². The second-order valence-corrected chi connectivity index (χ2v) is 6.28. The molecule has 0 aliphatic carbocycles. The summed E-state index contributed by atoms with van der Waals surface area (Å²) in [6.07, 6.45) is 6.05. The Morgan fingerprint density at radius 1 is 1.25 bits per heavy atom. The van der Waals surface area contributed by atoms with Crippen LogP contribution in [0.5, 0.6) is 0 Å². The standard InChI is InChI=1S/C17H27BrFN/c1-4-7-8-13(5-2)11-17(20-6-3)15-12-14(19)9-10-16(15)18/h9-10,12-13,17,20H,4-8,11H2,1-3H3. The second kappa shape index (κ2) is 9.51. The highest BCUT2D eigenvalue weighted by Crippen LogP contribution is 2.31. The quantitative estimate of drug-likeness (QED) is 0.593. The van der Waals surface area contributed by atoms with Crippen LogP contribution in [0.25, 0.3) is 0 Å². The van der Waals surface area contributed by atoms with Gasteiger partial charge in [0, 0.05) is 10.5 Å². The summed E-state index contributed by atoms with van der Waals surface area (Å²) in [4.78, 5) is 0. The lowest BCUT2D eigenvalue weighted by Crippen LogP contribution is -2.24. The van der Waals surface area contributed by atoms with Crippen LogP contribution in [0.2, 0.25) is 0 Å². The Morgan fingerprint density at radius 3 is 2.60 bits per heavy atom. The zero-order valence-electron chi connectivity index (χ0n) is 12.9. The molecule has 2 unspecified atom stereocenters. The van der Waals surface area contributed by atoms with E-state index in [4.69, 9.17) is 0 Å². The average molecular weight is 344 g/mol. The summed E-state index contributed by atoms with van der Waals surface area (Å²) >= 11 is 3.56. The summed E-state index contributed by atoms with van der Waals surface area (Å²) < 4.78 is 14.5. The molecule has 0 saturated heterocycles. The Bertz CT molecular complexity index is 395. The van der Waals surface area contributed by atoms with E-state index in [0.29, 0.717) is 5.92 Å². The number of benzene rings is 1. The molecule has 3 heteroatoms. The molecule has 1 aromatic rings.